The summed E-state index contributed by atoms with van der Waals surface area (Å²) in [5, 5.41) is 10.7. The van der Waals surface area contributed by atoms with E-state index >= 15 is 0 Å². The molecular formula is C11H20NO3-. The maximum absolute atomic E-state index is 11.6. The molecule has 0 aliphatic heterocycles. The second-order valence-electron chi connectivity index (χ2n) is 3.57. The van der Waals surface area contributed by atoms with E-state index in [9.17, 15) is 14.7 Å². The predicted molar refractivity (Wildman–Crippen MR) is 56.0 cm³/mol. The Balaban J connectivity index is 4.27. The van der Waals surface area contributed by atoms with Gasteiger partial charge in [-0.25, -0.2) is 0 Å². The van der Waals surface area contributed by atoms with E-state index in [2.05, 4.69) is 0 Å². The summed E-state index contributed by atoms with van der Waals surface area (Å²) in [6.07, 6.45) is 1.33. The number of carboxylic acids is 1. The summed E-state index contributed by atoms with van der Waals surface area (Å²) in [6, 6.07) is 0. The Morgan fingerprint density at radius 3 is 2.07 bits per heavy atom. The van der Waals surface area contributed by atoms with Gasteiger partial charge in [0.05, 0.1) is 0 Å². The van der Waals surface area contributed by atoms with E-state index in [1.165, 1.54) is 0 Å². The van der Waals surface area contributed by atoms with Crippen LogP contribution in [-0.2, 0) is 9.59 Å². The van der Waals surface area contributed by atoms with Crippen molar-refractivity contribution in [2.24, 2.45) is 5.92 Å². The van der Waals surface area contributed by atoms with Gasteiger partial charge in [-0.3, -0.25) is 4.79 Å². The van der Waals surface area contributed by atoms with Crippen LogP contribution < -0.4 is 5.11 Å². The second kappa shape index (κ2) is 7.26. The van der Waals surface area contributed by atoms with Crippen LogP contribution in [0.5, 0.6) is 0 Å². The minimum absolute atomic E-state index is 0.0673. The molecule has 0 N–H and O–H groups in total. The fourth-order valence-corrected chi connectivity index (χ4v) is 1.57. The molecule has 0 fully saturated rings. The zero-order valence-electron chi connectivity index (χ0n) is 9.78. The first kappa shape index (κ1) is 13.9. The standard InChI is InChI=1S/C11H21NO3/c1-4-7-9(11(14)15)8-10(13)12(5-2)6-3/h9H,4-8H2,1-3H3,(H,14,15)/p-1. The topological polar surface area (TPSA) is 60.4 Å². The maximum atomic E-state index is 11.6. The fraction of sp³-hybridized carbons (Fsp3) is 0.818. The molecule has 0 saturated heterocycles. The van der Waals surface area contributed by atoms with Crippen molar-refractivity contribution in [3.63, 3.8) is 0 Å². The Morgan fingerprint density at radius 2 is 1.73 bits per heavy atom. The molecule has 88 valence electrons. The molecule has 1 amide bonds. The van der Waals surface area contributed by atoms with Crippen LogP contribution in [0, 0.1) is 5.92 Å². The van der Waals surface area contributed by atoms with Crippen molar-refractivity contribution in [3.8, 4) is 0 Å². The summed E-state index contributed by atoms with van der Waals surface area (Å²) in [6.45, 7) is 6.92. The van der Waals surface area contributed by atoms with Gasteiger partial charge in [0.25, 0.3) is 0 Å². The van der Waals surface area contributed by atoms with Gasteiger partial charge in [0.2, 0.25) is 5.91 Å². The molecule has 15 heavy (non-hydrogen) atoms. The van der Waals surface area contributed by atoms with Crippen molar-refractivity contribution in [1.29, 1.82) is 0 Å². The van der Waals surface area contributed by atoms with E-state index in [0.29, 0.717) is 19.5 Å². The molecule has 4 nitrogen and oxygen atoms in total. The normalized spacial score (nSPS) is 12.2. The highest BCUT2D eigenvalue weighted by molar-refractivity contribution is 5.81. The van der Waals surface area contributed by atoms with E-state index in [1.54, 1.807) is 4.90 Å². The van der Waals surface area contributed by atoms with Gasteiger partial charge < -0.3 is 14.8 Å². The largest absolute Gasteiger partial charge is 0.550 e. The quantitative estimate of drug-likeness (QED) is 0.616. The van der Waals surface area contributed by atoms with Crippen molar-refractivity contribution >= 4 is 11.9 Å². The summed E-state index contributed by atoms with van der Waals surface area (Å²) >= 11 is 0. The van der Waals surface area contributed by atoms with Crippen LogP contribution in [-0.4, -0.2) is 29.9 Å². The van der Waals surface area contributed by atoms with Crippen molar-refractivity contribution in [2.45, 2.75) is 40.0 Å². The molecule has 4 heteroatoms. The second-order valence-corrected chi connectivity index (χ2v) is 3.57. The minimum atomic E-state index is -1.11. The van der Waals surface area contributed by atoms with Crippen LogP contribution in [0.25, 0.3) is 0 Å². The van der Waals surface area contributed by atoms with Crippen LogP contribution in [0.1, 0.15) is 40.0 Å². The SMILES string of the molecule is CCCC(CC(=O)N(CC)CC)C(=O)[O-]. The zero-order valence-corrected chi connectivity index (χ0v) is 9.78. The molecule has 0 aromatic carbocycles. The minimum Gasteiger partial charge on any atom is -0.550 e. The Kier molecular flexibility index (Phi) is 6.75. The van der Waals surface area contributed by atoms with Gasteiger partial charge in [-0.05, 0) is 20.3 Å². The molecule has 1 atom stereocenters. The van der Waals surface area contributed by atoms with Crippen LogP contribution in [0.15, 0.2) is 0 Å². The first-order valence-corrected chi connectivity index (χ1v) is 5.55. The number of rotatable bonds is 7. The number of carbonyl (C=O) groups is 2. The predicted octanol–water partition coefficient (Wildman–Crippen LogP) is 0.411. The van der Waals surface area contributed by atoms with Gasteiger partial charge in [0, 0.05) is 31.4 Å². The molecule has 0 aliphatic rings. The van der Waals surface area contributed by atoms with Crippen molar-refractivity contribution in [2.75, 3.05) is 13.1 Å². The third-order valence-electron chi connectivity index (χ3n) is 2.51. The highest BCUT2D eigenvalue weighted by atomic mass is 16.4. The summed E-state index contributed by atoms with van der Waals surface area (Å²) in [5.41, 5.74) is 0. The lowest BCUT2D eigenvalue weighted by atomic mass is 9.99. The van der Waals surface area contributed by atoms with Crippen LogP contribution in [0.4, 0.5) is 0 Å². The lowest BCUT2D eigenvalue weighted by Gasteiger charge is -2.23. The van der Waals surface area contributed by atoms with E-state index in [-0.39, 0.29) is 12.3 Å². The van der Waals surface area contributed by atoms with Crippen LogP contribution in [0.2, 0.25) is 0 Å². The first-order valence-electron chi connectivity index (χ1n) is 5.55. The van der Waals surface area contributed by atoms with Gasteiger partial charge in [0.15, 0.2) is 0 Å². The summed E-state index contributed by atoms with van der Waals surface area (Å²) < 4.78 is 0. The molecule has 0 bridgehead atoms. The number of amides is 1. The number of aliphatic carboxylic acids is 1. The van der Waals surface area contributed by atoms with Gasteiger partial charge in [-0.2, -0.15) is 0 Å². The zero-order chi connectivity index (χ0) is 11.8. The van der Waals surface area contributed by atoms with Crippen molar-refractivity contribution in [3.05, 3.63) is 0 Å². The average molecular weight is 214 g/mol. The van der Waals surface area contributed by atoms with E-state index < -0.39 is 11.9 Å². The molecule has 0 saturated carbocycles. The number of hydrogen-bond acceptors (Lipinski definition) is 3. The van der Waals surface area contributed by atoms with Gasteiger partial charge in [-0.15, -0.1) is 0 Å². The smallest absolute Gasteiger partial charge is 0.223 e. The van der Waals surface area contributed by atoms with Crippen molar-refractivity contribution in [1.82, 2.24) is 4.90 Å². The average Bonchev–Trinajstić information content (AvgIpc) is 2.18. The summed E-state index contributed by atoms with van der Waals surface area (Å²) in [5.74, 6) is -1.84. The Labute approximate surface area is 91.3 Å². The molecule has 0 spiro atoms. The van der Waals surface area contributed by atoms with Gasteiger partial charge in [0.1, 0.15) is 0 Å². The van der Waals surface area contributed by atoms with Crippen LogP contribution >= 0.6 is 0 Å². The van der Waals surface area contributed by atoms with Gasteiger partial charge in [-0.1, -0.05) is 13.3 Å². The van der Waals surface area contributed by atoms with E-state index in [1.807, 2.05) is 20.8 Å². The Bertz CT molecular complexity index is 212. The lowest BCUT2D eigenvalue weighted by Crippen LogP contribution is -2.37. The number of hydrogen-bond donors (Lipinski definition) is 0. The van der Waals surface area contributed by atoms with Crippen LogP contribution in [0.3, 0.4) is 0 Å². The number of nitrogens with zero attached hydrogens (tertiary/aromatic N) is 1. The molecule has 0 radical (unpaired) electrons. The monoisotopic (exact) mass is 214 g/mol. The lowest BCUT2D eigenvalue weighted by molar-refractivity contribution is -0.312. The highest BCUT2D eigenvalue weighted by Crippen LogP contribution is 2.12. The third-order valence-corrected chi connectivity index (χ3v) is 2.51. The number of carboxylic acid groups (broad SMARTS) is 1. The molecule has 1 unspecified atom stereocenters. The number of carbonyl (C=O) groups excluding carboxylic acids is 2. The van der Waals surface area contributed by atoms with E-state index in [0.717, 1.165) is 6.42 Å². The molecule has 0 heterocycles. The first-order chi connectivity index (χ1) is 7.06. The molecule has 0 aliphatic carbocycles. The molecule has 0 rings (SSSR count). The van der Waals surface area contributed by atoms with Crippen molar-refractivity contribution < 1.29 is 14.7 Å². The Morgan fingerprint density at radius 1 is 1.20 bits per heavy atom. The molecular weight excluding hydrogens is 194 g/mol. The molecule has 0 aromatic heterocycles. The van der Waals surface area contributed by atoms with E-state index in [4.69, 9.17) is 0 Å². The fourth-order valence-electron chi connectivity index (χ4n) is 1.57. The maximum Gasteiger partial charge on any atom is 0.223 e. The Hall–Kier alpha value is -1.06. The summed E-state index contributed by atoms with van der Waals surface area (Å²) in [4.78, 5) is 24.0. The third kappa shape index (κ3) is 4.81. The summed E-state index contributed by atoms with van der Waals surface area (Å²) in [7, 11) is 0. The van der Waals surface area contributed by atoms with Gasteiger partial charge >= 0.3 is 0 Å². The highest BCUT2D eigenvalue weighted by Gasteiger charge is 2.17. The molecule has 0 aromatic rings.